The third-order valence-corrected chi connectivity index (χ3v) is 3.08. The van der Waals surface area contributed by atoms with Crippen LogP contribution in [-0.2, 0) is 4.74 Å². The number of hydrogen-bond acceptors (Lipinski definition) is 1. The van der Waals surface area contributed by atoms with Gasteiger partial charge in [0.15, 0.2) is 6.10 Å². The Morgan fingerprint density at radius 1 is 1.26 bits per heavy atom. The number of unbranched alkanes of at least 4 members (excludes halogenated alkanes) is 1. The molecule has 0 aromatic heterocycles. The van der Waals surface area contributed by atoms with E-state index in [0.717, 1.165) is 43.4 Å². The van der Waals surface area contributed by atoms with Gasteiger partial charge in [0.2, 0.25) is 0 Å². The summed E-state index contributed by atoms with van der Waals surface area (Å²) in [5.41, 5.74) is 1.05. The van der Waals surface area contributed by atoms with Crippen LogP contribution in [0.5, 0.6) is 0 Å². The smallest absolute Gasteiger partial charge is 0.159 e. The summed E-state index contributed by atoms with van der Waals surface area (Å²) in [7, 11) is 0. The van der Waals surface area contributed by atoms with Crippen LogP contribution in [0.4, 0.5) is 0 Å². The Balaban J connectivity index is 1.93. The minimum atomic E-state index is 0.0453. The van der Waals surface area contributed by atoms with E-state index in [4.69, 9.17) is 4.74 Å². The van der Waals surface area contributed by atoms with Crippen LogP contribution in [0.15, 0.2) is 54.8 Å². The highest BCUT2D eigenvalue weighted by Crippen LogP contribution is 2.22. The summed E-state index contributed by atoms with van der Waals surface area (Å²) in [4.78, 5) is 0. The molecule has 1 aromatic rings. The zero-order valence-corrected chi connectivity index (χ0v) is 11.3. The molecule has 0 aliphatic carbocycles. The molecule has 1 atom stereocenters. The van der Waals surface area contributed by atoms with Crippen LogP contribution in [0.25, 0.3) is 0 Å². The van der Waals surface area contributed by atoms with Gasteiger partial charge in [-0.3, -0.25) is 0 Å². The first-order chi connectivity index (χ1) is 9.38. The predicted octanol–water partition coefficient (Wildman–Crippen LogP) is 4.46. The molecule has 2 rings (SSSR count). The van der Waals surface area contributed by atoms with Gasteiger partial charge >= 0.3 is 0 Å². The van der Waals surface area contributed by atoms with Gasteiger partial charge in [-0.05, 0) is 43.9 Å². The molecule has 0 spiro atoms. The second kappa shape index (κ2) is 7.48. The van der Waals surface area contributed by atoms with E-state index in [2.05, 4.69) is 24.5 Å². The first-order valence-electron chi connectivity index (χ1n) is 6.91. The van der Waals surface area contributed by atoms with E-state index in [-0.39, 0.29) is 6.10 Å². The third-order valence-electron chi connectivity index (χ3n) is 3.08. The van der Waals surface area contributed by atoms with E-state index in [9.17, 15) is 0 Å². The monoisotopic (exact) mass is 252 g/mol. The fourth-order valence-corrected chi connectivity index (χ4v) is 2.06. The minimum absolute atomic E-state index is 0.0453. The van der Waals surface area contributed by atoms with Gasteiger partial charge in [-0.1, -0.05) is 36.1 Å². The lowest BCUT2D eigenvalue weighted by Crippen LogP contribution is -2.15. The summed E-state index contributed by atoms with van der Waals surface area (Å²) >= 11 is 0. The van der Waals surface area contributed by atoms with Gasteiger partial charge in [0.05, 0.1) is 5.76 Å². The minimum Gasteiger partial charge on any atom is -0.482 e. The van der Waals surface area contributed by atoms with Crippen LogP contribution < -0.4 is 0 Å². The highest BCUT2D eigenvalue weighted by Gasteiger charge is 2.15. The summed E-state index contributed by atoms with van der Waals surface area (Å²) in [6, 6.07) is 10.1. The third kappa shape index (κ3) is 4.67. The predicted molar refractivity (Wildman–Crippen MR) is 79.6 cm³/mol. The van der Waals surface area contributed by atoms with Crippen molar-refractivity contribution >= 4 is 0 Å². The lowest BCUT2D eigenvalue weighted by Gasteiger charge is -2.22. The van der Waals surface area contributed by atoms with Gasteiger partial charge in [0.25, 0.3) is 0 Å². The SMILES string of the molecule is C=CCC/C=C1\CCCC(C#Cc2ccccc2)O1. The maximum atomic E-state index is 5.91. The number of hydrogen-bond donors (Lipinski definition) is 0. The molecule has 1 fully saturated rings. The zero-order chi connectivity index (χ0) is 13.3. The molecule has 1 unspecified atom stereocenters. The summed E-state index contributed by atoms with van der Waals surface area (Å²) < 4.78 is 5.91. The average Bonchev–Trinajstić information content (AvgIpc) is 2.47. The van der Waals surface area contributed by atoms with Crippen molar-refractivity contribution in [2.45, 2.75) is 38.2 Å². The molecule has 0 bridgehead atoms. The number of ether oxygens (including phenoxy) is 1. The Bertz CT molecular complexity index is 487. The van der Waals surface area contributed by atoms with Gasteiger partial charge < -0.3 is 4.74 Å². The van der Waals surface area contributed by atoms with Crippen LogP contribution in [0.3, 0.4) is 0 Å². The van der Waals surface area contributed by atoms with Crippen molar-refractivity contribution < 1.29 is 4.74 Å². The summed E-state index contributed by atoms with van der Waals surface area (Å²) in [5, 5.41) is 0. The van der Waals surface area contributed by atoms with E-state index in [0.29, 0.717) is 0 Å². The second-order valence-electron chi connectivity index (χ2n) is 4.67. The molecule has 0 saturated carbocycles. The lowest BCUT2D eigenvalue weighted by molar-refractivity contribution is 0.115. The molecule has 1 heteroatoms. The van der Waals surface area contributed by atoms with Crippen molar-refractivity contribution in [2.24, 2.45) is 0 Å². The van der Waals surface area contributed by atoms with Crippen molar-refractivity contribution in [1.29, 1.82) is 0 Å². The molecule has 1 aromatic carbocycles. The first-order valence-corrected chi connectivity index (χ1v) is 6.91. The maximum Gasteiger partial charge on any atom is 0.159 e. The van der Waals surface area contributed by atoms with Gasteiger partial charge in [0, 0.05) is 12.0 Å². The van der Waals surface area contributed by atoms with Gasteiger partial charge in [-0.2, -0.15) is 0 Å². The molecule has 19 heavy (non-hydrogen) atoms. The van der Waals surface area contributed by atoms with E-state index in [1.54, 1.807) is 0 Å². The molecule has 98 valence electrons. The van der Waals surface area contributed by atoms with Gasteiger partial charge in [-0.25, -0.2) is 0 Å². The van der Waals surface area contributed by atoms with Crippen LogP contribution in [0.1, 0.15) is 37.7 Å². The molecular formula is C18H20O. The Hall–Kier alpha value is -1.94. The van der Waals surface area contributed by atoms with Crippen LogP contribution in [0, 0.1) is 11.8 Å². The average molecular weight is 252 g/mol. The quantitative estimate of drug-likeness (QED) is 0.438. The highest BCUT2D eigenvalue weighted by atomic mass is 16.5. The molecule has 0 amide bonds. The summed E-state index contributed by atoms with van der Waals surface area (Å²) in [6.07, 6.45) is 9.41. The number of benzene rings is 1. The molecule has 1 heterocycles. The zero-order valence-electron chi connectivity index (χ0n) is 11.3. The highest BCUT2D eigenvalue weighted by molar-refractivity contribution is 5.34. The fourth-order valence-electron chi connectivity index (χ4n) is 2.06. The van der Waals surface area contributed by atoms with E-state index in [1.807, 2.05) is 36.4 Å². The lowest BCUT2D eigenvalue weighted by atomic mass is 10.1. The van der Waals surface area contributed by atoms with Crippen LogP contribution >= 0.6 is 0 Å². The molecule has 1 aliphatic rings. The molecule has 1 aliphatic heterocycles. The Morgan fingerprint density at radius 2 is 2.11 bits per heavy atom. The van der Waals surface area contributed by atoms with Crippen molar-refractivity contribution in [2.75, 3.05) is 0 Å². The van der Waals surface area contributed by atoms with Crippen molar-refractivity contribution in [3.63, 3.8) is 0 Å². The van der Waals surface area contributed by atoms with Gasteiger partial charge in [0.1, 0.15) is 0 Å². The van der Waals surface area contributed by atoms with Crippen molar-refractivity contribution in [1.82, 2.24) is 0 Å². The summed E-state index contributed by atoms with van der Waals surface area (Å²) in [6.45, 7) is 3.73. The Morgan fingerprint density at radius 3 is 2.89 bits per heavy atom. The van der Waals surface area contributed by atoms with E-state index >= 15 is 0 Å². The summed E-state index contributed by atoms with van der Waals surface area (Å²) in [5.74, 6) is 7.51. The van der Waals surface area contributed by atoms with Crippen LogP contribution in [0.2, 0.25) is 0 Å². The maximum absolute atomic E-state index is 5.91. The Kier molecular flexibility index (Phi) is 5.31. The molecular weight excluding hydrogens is 232 g/mol. The first kappa shape index (κ1) is 13.5. The number of rotatable bonds is 3. The molecule has 0 N–H and O–H groups in total. The topological polar surface area (TPSA) is 9.23 Å². The normalized spacial score (nSPS) is 20.2. The van der Waals surface area contributed by atoms with E-state index < -0.39 is 0 Å². The van der Waals surface area contributed by atoms with Crippen molar-refractivity contribution in [3.05, 3.63) is 60.4 Å². The molecule has 1 nitrogen and oxygen atoms in total. The molecule has 0 radical (unpaired) electrons. The largest absolute Gasteiger partial charge is 0.482 e. The standard InChI is InChI=1S/C18H20O/c1-2-3-5-11-17-12-8-13-18(19-17)15-14-16-9-6-4-7-10-16/h2,4,6-7,9-11,18H,1,3,5,8,12-13H2/b17-11+. The second-order valence-corrected chi connectivity index (χ2v) is 4.67. The van der Waals surface area contributed by atoms with Crippen LogP contribution in [-0.4, -0.2) is 6.10 Å². The van der Waals surface area contributed by atoms with Crippen molar-refractivity contribution in [3.8, 4) is 11.8 Å². The number of allylic oxidation sites excluding steroid dienone is 3. The fraction of sp³-hybridized carbons (Fsp3) is 0.333. The van der Waals surface area contributed by atoms with Gasteiger partial charge in [-0.15, -0.1) is 6.58 Å². The Labute approximate surface area is 116 Å². The molecule has 1 saturated heterocycles. The van der Waals surface area contributed by atoms with E-state index in [1.165, 1.54) is 0 Å².